The zero-order valence-corrected chi connectivity index (χ0v) is 10.9. The molecule has 1 aliphatic heterocycles. The predicted octanol–water partition coefficient (Wildman–Crippen LogP) is 0.504. The lowest BCUT2D eigenvalue weighted by atomic mass is 10.2. The van der Waals surface area contributed by atoms with E-state index in [1.807, 2.05) is 0 Å². The van der Waals surface area contributed by atoms with Gasteiger partial charge in [0.25, 0.3) is 5.91 Å². The summed E-state index contributed by atoms with van der Waals surface area (Å²) >= 11 is 3.20. The molecule has 96 valence electrons. The zero-order chi connectivity index (χ0) is 13.3. The van der Waals surface area contributed by atoms with Crippen LogP contribution in [0.5, 0.6) is 0 Å². The fourth-order valence-electron chi connectivity index (χ4n) is 1.92. The number of carbonyl (C=O) groups excluding carboxylic acids is 1. The van der Waals surface area contributed by atoms with Crippen molar-refractivity contribution in [3.8, 4) is 0 Å². The van der Waals surface area contributed by atoms with E-state index in [1.54, 1.807) is 6.07 Å². The summed E-state index contributed by atoms with van der Waals surface area (Å²) in [5, 5.41) is 18.5. The molecule has 1 aromatic heterocycles. The number of likely N-dealkylation sites (tertiary alicyclic amines) is 1. The van der Waals surface area contributed by atoms with Gasteiger partial charge in [0.05, 0.1) is 6.10 Å². The molecule has 2 unspecified atom stereocenters. The van der Waals surface area contributed by atoms with Crippen molar-refractivity contribution >= 4 is 27.8 Å². The Hall–Kier alpha value is -1.47. The van der Waals surface area contributed by atoms with Crippen molar-refractivity contribution in [2.45, 2.75) is 18.6 Å². The highest BCUT2D eigenvalue weighted by atomic mass is 79.9. The molecule has 6 nitrogen and oxygen atoms in total. The number of hydrogen-bond acceptors (Lipinski definition) is 4. The van der Waals surface area contributed by atoms with E-state index in [0.717, 1.165) is 9.37 Å². The molecule has 2 N–H and O–H groups in total. The Kier molecular flexibility index (Phi) is 3.63. The summed E-state index contributed by atoms with van der Waals surface area (Å²) in [6.07, 6.45) is 0.720. The summed E-state index contributed by atoms with van der Waals surface area (Å²) < 4.78 is 0.732. The van der Waals surface area contributed by atoms with E-state index >= 15 is 0 Å². The van der Waals surface area contributed by atoms with Crippen molar-refractivity contribution in [2.75, 3.05) is 6.54 Å². The minimum atomic E-state index is -1.11. The average molecular weight is 315 g/mol. The van der Waals surface area contributed by atoms with Gasteiger partial charge in [-0.25, -0.2) is 9.78 Å². The largest absolute Gasteiger partial charge is 0.480 e. The van der Waals surface area contributed by atoms with Crippen molar-refractivity contribution in [2.24, 2.45) is 0 Å². The first kappa shape index (κ1) is 13.0. The molecular formula is C11H11BrN2O4. The molecule has 0 spiro atoms. The number of rotatable bonds is 2. The first-order valence-corrected chi connectivity index (χ1v) is 6.11. The Morgan fingerprint density at radius 1 is 1.44 bits per heavy atom. The number of pyridine rings is 1. The Morgan fingerprint density at radius 2 is 2.17 bits per heavy atom. The monoisotopic (exact) mass is 314 g/mol. The van der Waals surface area contributed by atoms with Gasteiger partial charge in [0.2, 0.25) is 0 Å². The summed E-state index contributed by atoms with van der Waals surface area (Å²) in [6, 6.07) is 2.18. The number of β-amino-alcohol motifs (C(OH)–C–C–N with tert-alkyl or cyclic N) is 1. The molecule has 1 fully saturated rings. The van der Waals surface area contributed by atoms with Gasteiger partial charge in [0.1, 0.15) is 11.7 Å². The summed E-state index contributed by atoms with van der Waals surface area (Å²) in [6.45, 7) is 0.0214. The van der Waals surface area contributed by atoms with Crippen LogP contribution in [-0.4, -0.2) is 50.7 Å². The average Bonchev–Trinajstić information content (AvgIpc) is 2.71. The maximum atomic E-state index is 12.1. The number of aliphatic hydroxyl groups excluding tert-OH is 1. The van der Waals surface area contributed by atoms with Crippen LogP contribution >= 0.6 is 15.9 Å². The number of aromatic nitrogens is 1. The molecule has 2 atom stereocenters. The molecule has 0 saturated carbocycles. The number of halogens is 1. The lowest BCUT2D eigenvalue weighted by Crippen LogP contribution is -2.40. The predicted molar refractivity (Wildman–Crippen MR) is 65.0 cm³/mol. The van der Waals surface area contributed by atoms with E-state index in [2.05, 4.69) is 20.9 Å². The third kappa shape index (κ3) is 2.51. The van der Waals surface area contributed by atoms with Gasteiger partial charge in [-0.2, -0.15) is 0 Å². The number of carboxylic acid groups (broad SMARTS) is 1. The van der Waals surface area contributed by atoms with Gasteiger partial charge < -0.3 is 15.1 Å². The van der Waals surface area contributed by atoms with Crippen LogP contribution in [0, 0.1) is 0 Å². The molecule has 2 rings (SSSR count). The standard InChI is InChI=1S/C11H11BrN2O4/c12-6-1-2-8(13-4-6)10(16)14-5-7(15)3-9(14)11(17)18/h1-2,4,7,9,15H,3,5H2,(H,17,18). The van der Waals surface area contributed by atoms with E-state index in [9.17, 15) is 14.7 Å². The summed E-state index contributed by atoms with van der Waals surface area (Å²) in [4.78, 5) is 28.2. The highest BCUT2D eigenvalue weighted by Gasteiger charge is 2.39. The molecule has 2 heterocycles. The number of carbonyl (C=O) groups is 2. The minimum Gasteiger partial charge on any atom is -0.480 e. The van der Waals surface area contributed by atoms with E-state index < -0.39 is 24.0 Å². The molecule has 1 aliphatic rings. The maximum absolute atomic E-state index is 12.1. The fourth-order valence-corrected chi connectivity index (χ4v) is 2.16. The van der Waals surface area contributed by atoms with Gasteiger partial charge in [-0.15, -0.1) is 0 Å². The van der Waals surface area contributed by atoms with Crippen LogP contribution in [-0.2, 0) is 4.79 Å². The first-order valence-electron chi connectivity index (χ1n) is 5.32. The molecule has 1 aromatic rings. The molecule has 0 bridgehead atoms. The van der Waals surface area contributed by atoms with Crippen molar-refractivity contribution in [1.29, 1.82) is 0 Å². The van der Waals surface area contributed by atoms with E-state index in [4.69, 9.17) is 5.11 Å². The Balaban J connectivity index is 2.22. The minimum absolute atomic E-state index is 0.0214. The van der Waals surface area contributed by atoms with Gasteiger partial charge in [0.15, 0.2) is 0 Å². The van der Waals surface area contributed by atoms with Crippen LogP contribution in [0.15, 0.2) is 22.8 Å². The van der Waals surface area contributed by atoms with E-state index in [0.29, 0.717) is 0 Å². The van der Waals surface area contributed by atoms with Crippen LogP contribution in [0.2, 0.25) is 0 Å². The molecule has 1 amide bonds. The molecule has 0 aliphatic carbocycles. The SMILES string of the molecule is O=C(O)C1CC(O)CN1C(=O)c1ccc(Br)cn1. The van der Waals surface area contributed by atoms with Crippen LogP contribution in [0.1, 0.15) is 16.9 Å². The van der Waals surface area contributed by atoms with E-state index in [-0.39, 0.29) is 18.7 Å². The number of amides is 1. The quantitative estimate of drug-likeness (QED) is 0.829. The molecule has 0 aromatic carbocycles. The first-order chi connectivity index (χ1) is 8.49. The van der Waals surface area contributed by atoms with Gasteiger partial charge in [-0.3, -0.25) is 4.79 Å². The Morgan fingerprint density at radius 3 is 2.72 bits per heavy atom. The number of aliphatic carboxylic acids is 1. The molecule has 18 heavy (non-hydrogen) atoms. The third-order valence-electron chi connectivity index (χ3n) is 2.77. The lowest BCUT2D eigenvalue weighted by molar-refractivity contribution is -0.141. The van der Waals surface area contributed by atoms with Gasteiger partial charge in [-0.05, 0) is 28.1 Å². The second-order valence-electron chi connectivity index (χ2n) is 4.06. The second-order valence-corrected chi connectivity index (χ2v) is 4.98. The van der Waals surface area contributed by atoms with Crippen LogP contribution in [0.25, 0.3) is 0 Å². The zero-order valence-electron chi connectivity index (χ0n) is 9.28. The second kappa shape index (κ2) is 5.03. The maximum Gasteiger partial charge on any atom is 0.326 e. The molecule has 0 radical (unpaired) electrons. The van der Waals surface area contributed by atoms with Crippen LogP contribution in [0.3, 0.4) is 0 Å². The Labute approximate surface area is 111 Å². The van der Waals surface area contributed by atoms with Gasteiger partial charge in [-0.1, -0.05) is 0 Å². The Bertz CT molecular complexity index is 476. The molecular weight excluding hydrogens is 304 g/mol. The number of aliphatic hydroxyl groups is 1. The smallest absolute Gasteiger partial charge is 0.326 e. The topological polar surface area (TPSA) is 90.7 Å². The highest BCUT2D eigenvalue weighted by Crippen LogP contribution is 2.20. The van der Waals surface area contributed by atoms with Crippen molar-refractivity contribution in [1.82, 2.24) is 9.88 Å². The summed E-state index contributed by atoms with van der Waals surface area (Å²) in [5.74, 6) is -1.59. The van der Waals surface area contributed by atoms with Crippen molar-refractivity contribution in [3.63, 3.8) is 0 Å². The summed E-state index contributed by atoms with van der Waals surface area (Å²) in [7, 11) is 0. The third-order valence-corrected chi connectivity index (χ3v) is 3.24. The molecule has 7 heteroatoms. The van der Waals surface area contributed by atoms with Crippen LogP contribution in [0.4, 0.5) is 0 Å². The fraction of sp³-hybridized carbons (Fsp3) is 0.364. The number of carboxylic acids is 1. The van der Waals surface area contributed by atoms with Gasteiger partial charge in [0, 0.05) is 23.6 Å². The normalized spacial score (nSPS) is 23.1. The van der Waals surface area contributed by atoms with Crippen LogP contribution < -0.4 is 0 Å². The number of nitrogens with zero attached hydrogens (tertiary/aromatic N) is 2. The van der Waals surface area contributed by atoms with Crippen molar-refractivity contribution < 1.29 is 19.8 Å². The number of hydrogen-bond donors (Lipinski definition) is 2. The molecule has 1 saturated heterocycles. The van der Waals surface area contributed by atoms with Gasteiger partial charge >= 0.3 is 5.97 Å². The highest BCUT2D eigenvalue weighted by molar-refractivity contribution is 9.10. The van der Waals surface area contributed by atoms with E-state index in [1.165, 1.54) is 12.3 Å². The summed E-state index contributed by atoms with van der Waals surface area (Å²) in [5.41, 5.74) is 0.165. The lowest BCUT2D eigenvalue weighted by Gasteiger charge is -2.20. The van der Waals surface area contributed by atoms with Crippen molar-refractivity contribution in [3.05, 3.63) is 28.5 Å².